The third-order valence-electron chi connectivity index (χ3n) is 2.38. The van der Waals surface area contributed by atoms with Crippen molar-refractivity contribution in [1.29, 1.82) is 0 Å². The highest BCUT2D eigenvalue weighted by Crippen LogP contribution is 2.32. The molecule has 108 valence electrons. The van der Waals surface area contributed by atoms with E-state index in [4.69, 9.17) is 10.6 Å². The molecule has 19 heavy (non-hydrogen) atoms. The Balaban J connectivity index is 2.83. The second-order valence-electron chi connectivity index (χ2n) is 5.38. The number of nitrogens with two attached hydrogens (primary N) is 1. The van der Waals surface area contributed by atoms with Gasteiger partial charge in [0.25, 0.3) is 0 Å². The first-order valence-corrected chi connectivity index (χ1v) is 5.80. The van der Waals surface area contributed by atoms with Crippen molar-refractivity contribution in [3.63, 3.8) is 0 Å². The van der Waals surface area contributed by atoms with Gasteiger partial charge in [0.15, 0.2) is 0 Å². The van der Waals surface area contributed by atoms with Gasteiger partial charge in [-0.2, -0.15) is 18.2 Å². The van der Waals surface area contributed by atoms with Crippen molar-refractivity contribution in [2.75, 3.05) is 12.0 Å². The topological polar surface area (TPSA) is 60.2 Å². The third-order valence-corrected chi connectivity index (χ3v) is 2.38. The van der Waals surface area contributed by atoms with Crippen LogP contribution in [0, 0.1) is 5.41 Å². The summed E-state index contributed by atoms with van der Waals surface area (Å²) in [5, 5.41) is 0. The number of rotatable bonds is 4. The Morgan fingerprint density at radius 3 is 2.37 bits per heavy atom. The summed E-state index contributed by atoms with van der Waals surface area (Å²) in [7, 11) is 0. The van der Waals surface area contributed by atoms with E-state index in [-0.39, 0.29) is 17.1 Å². The monoisotopic (exact) mass is 277 g/mol. The Labute approximate surface area is 110 Å². The van der Waals surface area contributed by atoms with Gasteiger partial charge in [-0.05, 0) is 17.9 Å². The van der Waals surface area contributed by atoms with E-state index in [0.717, 1.165) is 12.1 Å². The van der Waals surface area contributed by atoms with Crippen molar-refractivity contribution in [1.82, 2.24) is 4.98 Å². The minimum Gasteiger partial charge on any atom is -0.478 e. The highest BCUT2D eigenvalue weighted by molar-refractivity contribution is 5.41. The lowest BCUT2D eigenvalue weighted by Gasteiger charge is -2.18. The lowest BCUT2D eigenvalue weighted by molar-refractivity contribution is -0.137. The van der Waals surface area contributed by atoms with Crippen LogP contribution in [-0.2, 0) is 6.18 Å². The van der Waals surface area contributed by atoms with Crippen LogP contribution in [0.1, 0.15) is 32.8 Å². The minimum atomic E-state index is -4.46. The molecule has 0 bridgehead atoms. The van der Waals surface area contributed by atoms with Crippen molar-refractivity contribution in [2.24, 2.45) is 11.3 Å². The van der Waals surface area contributed by atoms with E-state index in [9.17, 15) is 13.2 Å². The summed E-state index contributed by atoms with van der Waals surface area (Å²) in [6, 6.07) is 1.69. The van der Waals surface area contributed by atoms with E-state index in [2.05, 4.69) is 10.4 Å². The molecule has 1 rings (SSSR count). The molecule has 0 aromatic carbocycles. The average Bonchev–Trinajstić information content (AvgIpc) is 2.25. The quantitative estimate of drug-likeness (QED) is 0.655. The van der Waals surface area contributed by atoms with Crippen LogP contribution in [0.2, 0.25) is 0 Å². The first-order valence-electron chi connectivity index (χ1n) is 5.80. The molecule has 0 radical (unpaired) electrons. The molecule has 0 aliphatic carbocycles. The average molecular weight is 277 g/mol. The Morgan fingerprint density at radius 1 is 1.26 bits per heavy atom. The number of alkyl halides is 3. The first-order chi connectivity index (χ1) is 8.62. The van der Waals surface area contributed by atoms with E-state index >= 15 is 0 Å². The second-order valence-corrected chi connectivity index (χ2v) is 5.38. The normalized spacial score (nSPS) is 12.4. The Hall–Kier alpha value is -1.50. The van der Waals surface area contributed by atoms with Gasteiger partial charge in [0.05, 0.1) is 12.2 Å². The van der Waals surface area contributed by atoms with Gasteiger partial charge in [0.1, 0.15) is 5.82 Å². The summed E-state index contributed by atoms with van der Waals surface area (Å²) in [6.45, 7) is 6.34. The van der Waals surface area contributed by atoms with Crippen molar-refractivity contribution >= 4 is 5.82 Å². The van der Waals surface area contributed by atoms with Crippen LogP contribution in [-0.4, -0.2) is 11.6 Å². The highest BCUT2D eigenvalue weighted by Gasteiger charge is 2.32. The van der Waals surface area contributed by atoms with Crippen LogP contribution in [0.4, 0.5) is 19.0 Å². The molecule has 0 atom stereocenters. The van der Waals surface area contributed by atoms with Gasteiger partial charge in [0.2, 0.25) is 5.88 Å². The van der Waals surface area contributed by atoms with Gasteiger partial charge in [-0.15, -0.1) is 0 Å². The predicted octanol–water partition coefficient (Wildman–Crippen LogP) is 3.20. The zero-order valence-electron chi connectivity index (χ0n) is 11.1. The zero-order chi connectivity index (χ0) is 14.7. The largest absolute Gasteiger partial charge is 0.478 e. The van der Waals surface area contributed by atoms with E-state index in [1.165, 1.54) is 0 Å². The van der Waals surface area contributed by atoms with Gasteiger partial charge in [-0.25, -0.2) is 5.84 Å². The molecule has 0 unspecified atom stereocenters. The van der Waals surface area contributed by atoms with Crippen LogP contribution in [0.25, 0.3) is 0 Å². The summed E-state index contributed by atoms with van der Waals surface area (Å²) in [6.07, 6.45) is -3.76. The standard InChI is InChI=1S/C12H18F3N3O/c1-11(2,3)4-5-19-10-7-8(12(13,14)15)6-9(17-10)18-16/h6-7H,4-5,16H2,1-3H3,(H,17,18). The number of ether oxygens (including phenoxy) is 1. The summed E-state index contributed by atoms with van der Waals surface area (Å²) < 4.78 is 43.2. The fourth-order valence-corrected chi connectivity index (χ4v) is 1.28. The number of aromatic nitrogens is 1. The molecule has 3 N–H and O–H groups in total. The van der Waals surface area contributed by atoms with Crippen molar-refractivity contribution in [3.05, 3.63) is 17.7 Å². The number of pyridine rings is 1. The molecule has 0 fully saturated rings. The maximum absolute atomic E-state index is 12.6. The lowest BCUT2D eigenvalue weighted by atomic mass is 9.93. The molecule has 0 saturated heterocycles. The summed E-state index contributed by atoms with van der Waals surface area (Å²) in [4.78, 5) is 3.83. The van der Waals surface area contributed by atoms with Gasteiger partial charge in [-0.1, -0.05) is 20.8 Å². The number of hydrogen-bond donors (Lipinski definition) is 2. The summed E-state index contributed by atoms with van der Waals surface area (Å²) in [5.41, 5.74) is 1.29. The molecule has 0 amide bonds. The van der Waals surface area contributed by atoms with E-state index < -0.39 is 11.7 Å². The molecule has 4 nitrogen and oxygen atoms in total. The van der Waals surface area contributed by atoms with E-state index in [0.29, 0.717) is 13.0 Å². The number of hydrazine groups is 1. The number of halogens is 3. The van der Waals surface area contributed by atoms with Crippen molar-refractivity contribution < 1.29 is 17.9 Å². The number of nitrogens with zero attached hydrogens (tertiary/aromatic N) is 1. The Kier molecular flexibility index (Phi) is 4.62. The smallest absolute Gasteiger partial charge is 0.416 e. The second kappa shape index (κ2) is 5.64. The van der Waals surface area contributed by atoms with Crippen molar-refractivity contribution in [2.45, 2.75) is 33.4 Å². The van der Waals surface area contributed by atoms with Gasteiger partial charge in [0, 0.05) is 6.07 Å². The van der Waals surface area contributed by atoms with E-state index in [1.54, 1.807) is 0 Å². The number of hydrogen-bond acceptors (Lipinski definition) is 4. The highest BCUT2D eigenvalue weighted by atomic mass is 19.4. The summed E-state index contributed by atoms with van der Waals surface area (Å²) >= 11 is 0. The molecule has 1 aromatic rings. The fourth-order valence-electron chi connectivity index (χ4n) is 1.28. The molecule has 0 aliphatic heterocycles. The first kappa shape index (κ1) is 15.6. The molecule has 0 saturated carbocycles. The predicted molar refractivity (Wildman–Crippen MR) is 66.6 cm³/mol. The molecule has 1 aromatic heterocycles. The molecule has 0 spiro atoms. The number of anilines is 1. The maximum Gasteiger partial charge on any atom is 0.416 e. The Morgan fingerprint density at radius 2 is 1.89 bits per heavy atom. The SMILES string of the molecule is CC(C)(C)CCOc1cc(C(F)(F)F)cc(NN)n1. The molecule has 1 heterocycles. The molecular formula is C12H18F3N3O. The van der Waals surface area contributed by atoms with Crippen molar-refractivity contribution in [3.8, 4) is 5.88 Å². The molecule has 7 heteroatoms. The fraction of sp³-hybridized carbons (Fsp3) is 0.583. The van der Waals surface area contributed by atoms with E-state index in [1.807, 2.05) is 20.8 Å². The van der Waals surface area contributed by atoms with Gasteiger partial charge < -0.3 is 10.2 Å². The lowest BCUT2D eigenvalue weighted by Crippen LogP contribution is -2.15. The van der Waals surface area contributed by atoms with Crippen LogP contribution in [0.15, 0.2) is 12.1 Å². The number of nitrogens with one attached hydrogen (secondary N) is 1. The Bertz CT molecular complexity index is 427. The van der Waals surface area contributed by atoms with Crippen LogP contribution in [0.3, 0.4) is 0 Å². The maximum atomic E-state index is 12.6. The van der Waals surface area contributed by atoms with Crippen LogP contribution in [0.5, 0.6) is 5.88 Å². The van der Waals surface area contributed by atoms with Gasteiger partial charge >= 0.3 is 6.18 Å². The van der Waals surface area contributed by atoms with Crippen LogP contribution >= 0.6 is 0 Å². The zero-order valence-corrected chi connectivity index (χ0v) is 11.1. The molecule has 0 aliphatic rings. The van der Waals surface area contributed by atoms with Crippen LogP contribution < -0.4 is 16.0 Å². The number of nitrogen functional groups attached to an aromatic ring is 1. The molecular weight excluding hydrogens is 259 g/mol. The summed E-state index contributed by atoms with van der Waals surface area (Å²) in [5.74, 6) is 4.92. The van der Waals surface area contributed by atoms with Gasteiger partial charge in [-0.3, -0.25) is 0 Å². The third kappa shape index (κ3) is 5.34. The minimum absolute atomic E-state index is 0.0383.